The van der Waals surface area contributed by atoms with Crippen molar-refractivity contribution in [1.29, 1.82) is 0 Å². The SMILES string of the molecule is CN(C)c1ccc(C=C2C(=O)ON=C2c2ccccc2)s1. The fourth-order valence-electron chi connectivity index (χ4n) is 2.02. The zero-order valence-electron chi connectivity index (χ0n) is 11.7. The Morgan fingerprint density at radius 3 is 2.57 bits per heavy atom. The Bertz CT molecular complexity index is 730. The zero-order chi connectivity index (χ0) is 14.8. The average molecular weight is 298 g/mol. The molecule has 0 saturated heterocycles. The first-order chi connectivity index (χ1) is 10.1. The lowest BCUT2D eigenvalue weighted by Crippen LogP contribution is -2.06. The van der Waals surface area contributed by atoms with Gasteiger partial charge in [0, 0.05) is 24.5 Å². The Morgan fingerprint density at radius 2 is 1.90 bits per heavy atom. The molecule has 1 aliphatic heterocycles. The van der Waals surface area contributed by atoms with Crippen LogP contribution in [0.15, 0.2) is 53.2 Å². The molecule has 21 heavy (non-hydrogen) atoms. The van der Waals surface area contributed by atoms with Crippen LogP contribution < -0.4 is 4.90 Å². The van der Waals surface area contributed by atoms with Crippen molar-refractivity contribution >= 4 is 34.1 Å². The van der Waals surface area contributed by atoms with E-state index >= 15 is 0 Å². The quantitative estimate of drug-likeness (QED) is 0.645. The average Bonchev–Trinajstić information content (AvgIpc) is 3.09. The van der Waals surface area contributed by atoms with Crippen LogP contribution in [0.1, 0.15) is 10.4 Å². The van der Waals surface area contributed by atoms with Crippen molar-refractivity contribution in [2.24, 2.45) is 5.16 Å². The molecule has 0 amide bonds. The molecule has 0 radical (unpaired) electrons. The van der Waals surface area contributed by atoms with E-state index in [2.05, 4.69) is 5.16 Å². The summed E-state index contributed by atoms with van der Waals surface area (Å²) in [7, 11) is 3.98. The van der Waals surface area contributed by atoms with Crippen LogP contribution >= 0.6 is 11.3 Å². The van der Waals surface area contributed by atoms with Crippen LogP contribution in [0.4, 0.5) is 5.00 Å². The van der Waals surface area contributed by atoms with Crippen LogP contribution in [0.5, 0.6) is 0 Å². The van der Waals surface area contributed by atoms with E-state index < -0.39 is 5.97 Å². The zero-order valence-corrected chi connectivity index (χ0v) is 12.6. The number of carbonyl (C=O) groups excluding carboxylic acids is 1. The summed E-state index contributed by atoms with van der Waals surface area (Å²) in [5, 5.41) is 5.03. The number of nitrogens with zero attached hydrogens (tertiary/aromatic N) is 2. The van der Waals surface area contributed by atoms with E-state index in [0.717, 1.165) is 15.4 Å². The summed E-state index contributed by atoms with van der Waals surface area (Å²) >= 11 is 1.61. The molecule has 0 saturated carbocycles. The summed E-state index contributed by atoms with van der Waals surface area (Å²) in [6, 6.07) is 13.6. The summed E-state index contributed by atoms with van der Waals surface area (Å²) in [6.07, 6.45) is 1.83. The van der Waals surface area contributed by atoms with E-state index in [4.69, 9.17) is 4.84 Å². The second kappa shape index (κ2) is 5.54. The van der Waals surface area contributed by atoms with Crippen LogP contribution in [-0.4, -0.2) is 25.8 Å². The van der Waals surface area contributed by atoms with Gasteiger partial charge in [-0.1, -0.05) is 35.5 Å². The van der Waals surface area contributed by atoms with Gasteiger partial charge in [0.15, 0.2) is 0 Å². The minimum absolute atomic E-state index is 0.409. The topological polar surface area (TPSA) is 41.9 Å². The Kier molecular flexibility index (Phi) is 3.58. The highest BCUT2D eigenvalue weighted by Crippen LogP contribution is 2.28. The molecule has 1 aromatic carbocycles. The van der Waals surface area contributed by atoms with Gasteiger partial charge >= 0.3 is 5.97 Å². The third kappa shape index (κ3) is 2.73. The Morgan fingerprint density at radius 1 is 1.14 bits per heavy atom. The lowest BCUT2D eigenvalue weighted by Gasteiger charge is -2.06. The molecule has 0 aliphatic carbocycles. The molecule has 2 heterocycles. The van der Waals surface area contributed by atoms with Crippen molar-refractivity contribution in [3.05, 3.63) is 58.5 Å². The van der Waals surface area contributed by atoms with E-state index in [1.54, 1.807) is 11.3 Å². The maximum Gasteiger partial charge on any atom is 0.368 e. The standard InChI is InChI=1S/C16H14N2O2S/c1-18(2)14-9-8-12(21-14)10-13-15(17-20-16(13)19)11-6-4-3-5-7-11/h3-10H,1-2H3. The molecule has 5 heteroatoms. The van der Waals surface area contributed by atoms with Crippen LogP contribution in [0, 0.1) is 0 Å². The summed E-state index contributed by atoms with van der Waals surface area (Å²) < 4.78 is 0. The van der Waals surface area contributed by atoms with Gasteiger partial charge in [0.25, 0.3) is 0 Å². The van der Waals surface area contributed by atoms with E-state index in [1.807, 2.05) is 67.5 Å². The fraction of sp³-hybridized carbons (Fsp3) is 0.125. The van der Waals surface area contributed by atoms with E-state index in [0.29, 0.717) is 11.3 Å². The van der Waals surface area contributed by atoms with Crippen LogP contribution in [0.3, 0.4) is 0 Å². The largest absolute Gasteiger partial charge is 0.370 e. The van der Waals surface area contributed by atoms with Gasteiger partial charge < -0.3 is 9.74 Å². The Hall–Kier alpha value is -2.40. The number of anilines is 1. The number of hydrogen-bond acceptors (Lipinski definition) is 5. The third-order valence-corrected chi connectivity index (χ3v) is 4.28. The first-order valence-electron chi connectivity index (χ1n) is 6.49. The van der Waals surface area contributed by atoms with Crippen molar-refractivity contribution in [2.45, 2.75) is 0 Å². The molecule has 0 unspecified atom stereocenters. The minimum atomic E-state index is -0.409. The summed E-state index contributed by atoms with van der Waals surface area (Å²) in [4.78, 5) is 19.8. The van der Waals surface area contributed by atoms with E-state index in [1.165, 1.54) is 0 Å². The van der Waals surface area contributed by atoms with Gasteiger partial charge in [0.1, 0.15) is 5.71 Å². The van der Waals surface area contributed by atoms with Gasteiger partial charge in [-0.25, -0.2) is 4.79 Å². The predicted octanol–water partition coefficient (Wildman–Crippen LogP) is 3.16. The summed E-state index contributed by atoms with van der Waals surface area (Å²) in [5.74, 6) is -0.409. The molecule has 3 rings (SSSR count). The molecule has 0 bridgehead atoms. The van der Waals surface area contributed by atoms with Crippen LogP contribution in [0.25, 0.3) is 6.08 Å². The highest BCUT2D eigenvalue weighted by molar-refractivity contribution is 7.17. The fourth-order valence-corrected chi connectivity index (χ4v) is 2.89. The molecule has 4 nitrogen and oxygen atoms in total. The minimum Gasteiger partial charge on any atom is -0.370 e. The van der Waals surface area contributed by atoms with Gasteiger partial charge in [-0.3, -0.25) is 0 Å². The number of oxime groups is 1. The Labute approximate surface area is 127 Å². The molecule has 0 atom stereocenters. The molecule has 1 aliphatic rings. The Balaban J connectivity index is 1.96. The predicted molar refractivity (Wildman–Crippen MR) is 85.7 cm³/mol. The van der Waals surface area contributed by atoms with Crippen molar-refractivity contribution < 1.29 is 9.63 Å². The highest BCUT2D eigenvalue weighted by Gasteiger charge is 2.26. The number of carbonyl (C=O) groups is 1. The summed E-state index contributed by atoms with van der Waals surface area (Å²) in [6.45, 7) is 0. The third-order valence-electron chi connectivity index (χ3n) is 3.08. The molecular weight excluding hydrogens is 284 g/mol. The van der Waals surface area contributed by atoms with Gasteiger partial charge in [0.05, 0.1) is 10.6 Å². The molecule has 0 spiro atoms. The van der Waals surface area contributed by atoms with Gasteiger partial charge in [-0.05, 0) is 18.2 Å². The van der Waals surface area contributed by atoms with Crippen LogP contribution in [0.2, 0.25) is 0 Å². The first-order valence-corrected chi connectivity index (χ1v) is 7.31. The maximum absolute atomic E-state index is 11.9. The molecular formula is C16H14N2O2S. The highest BCUT2D eigenvalue weighted by atomic mass is 32.1. The monoisotopic (exact) mass is 298 g/mol. The maximum atomic E-state index is 11.9. The van der Waals surface area contributed by atoms with Crippen molar-refractivity contribution in [3.8, 4) is 0 Å². The van der Waals surface area contributed by atoms with E-state index in [-0.39, 0.29) is 0 Å². The van der Waals surface area contributed by atoms with Crippen molar-refractivity contribution in [3.63, 3.8) is 0 Å². The number of thiophene rings is 1. The number of rotatable bonds is 3. The molecule has 0 N–H and O–H groups in total. The lowest BCUT2D eigenvalue weighted by atomic mass is 10.0. The number of hydrogen-bond donors (Lipinski definition) is 0. The molecule has 0 fully saturated rings. The van der Waals surface area contributed by atoms with Gasteiger partial charge in [0.2, 0.25) is 0 Å². The lowest BCUT2D eigenvalue weighted by molar-refractivity contribution is -0.136. The smallest absolute Gasteiger partial charge is 0.368 e. The summed E-state index contributed by atoms with van der Waals surface area (Å²) in [5.41, 5.74) is 1.95. The van der Waals surface area contributed by atoms with Gasteiger partial charge in [-0.15, -0.1) is 11.3 Å². The number of benzene rings is 1. The second-order valence-corrected chi connectivity index (χ2v) is 5.91. The van der Waals surface area contributed by atoms with Crippen molar-refractivity contribution in [2.75, 3.05) is 19.0 Å². The normalized spacial score (nSPS) is 16.0. The van der Waals surface area contributed by atoms with Gasteiger partial charge in [-0.2, -0.15) is 0 Å². The molecule has 1 aromatic heterocycles. The molecule has 2 aromatic rings. The van der Waals surface area contributed by atoms with Crippen molar-refractivity contribution in [1.82, 2.24) is 0 Å². The van der Waals surface area contributed by atoms with Crippen LogP contribution in [-0.2, 0) is 9.63 Å². The second-order valence-electron chi connectivity index (χ2n) is 4.81. The van der Waals surface area contributed by atoms with E-state index in [9.17, 15) is 4.79 Å². The first kappa shape index (κ1) is 13.6. The molecule has 106 valence electrons.